The highest BCUT2D eigenvalue weighted by Gasteiger charge is 2.10. The molecule has 0 fully saturated rings. The number of nitrogens with one attached hydrogen (secondary N) is 1. The minimum Gasteiger partial charge on any atom is -0.496 e. The molecule has 1 unspecified atom stereocenters. The maximum absolute atomic E-state index is 11.8. The van der Waals surface area contributed by atoms with Crippen molar-refractivity contribution in [3.05, 3.63) is 29.3 Å². The Balaban J connectivity index is 2.48. The minimum atomic E-state index is 0.120. The van der Waals surface area contributed by atoms with Crippen LogP contribution in [0.1, 0.15) is 38.3 Å². The van der Waals surface area contributed by atoms with Gasteiger partial charge < -0.3 is 10.1 Å². The van der Waals surface area contributed by atoms with E-state index < -0.39 is 0 Å². The Kier molecular flexibility index (Phi) is 5.87. The summed E-state index contributed by atoms with van der Waals surface area (Å²) < 4.78 is 5.23. The summed E-state index contributed by atoms with van der Waals surface area (Å²) in [6.07, 6.45) is 1.30. The van der Waals surface area contributed by atoms with E-state index in [9.17, 15) is 4.79 Å². The van der Waals surface area contributed by atoms with Gasteiger partial charge in [0.1, 0.15) is 5.75 Å². The van der Waals surface area contributed by atoms with Gasteiger partial charge in [0.2, 0.25) is 5.91 Å². The largest absolute Gasteiger partial charge is 0.496 e. The lowest BCUT2D eigenvalue weighted by molar-refractivity contribution is -0.121. The van der Waals surface area contributed by atoms with E-state index in [0.717, 1.165) is 17.7 Å². The Hall–Kier alpha value is -1.51. The molecule has 106 valence electrons. The predicted molar refractivity (Wildman–Crippen MR) is 78.5 cm³/mol. The molecule has 0 aliphatic heterocycles. The third-order valence-electron chi connectivity index (χ3n) is 3.49. The van der Waals surface area contributed by atoms with Crippen molar-refractivity contribution >= 4 is 5.91 Å². The summed E-state index contributed by atoms with van der Waals surface area (Å²) >= 11 is 0. The van der Waals surface area contributed by atoms with Crippen LogP contribution in [-0.4, -0.2) is 19.1 Å². The zero-order valence-electron chi connectivity index (χ0n) is 12.6. The molecule has 0 saturated heterocycles. The van der Waals surface area contributed by atoms with Gasteiger partial charge in [0.15, 0.2) is 0 Å². The van der Waals surface area contributed by atoms with Crippen molar-refractivity contribution in [3.63, 3.8) is 0 Å². The highest BCUT2D eigenvalue weighted by molar-refractivity contribution is 5.76. The van der Waals surface area contributed by atoms with Crippen LogP contribution in [0.3, 0.4) is 0 Å². The average molecular weight is 263 g/mol. The molecule has 0 bridgehead atoms. The Morgan fingerprint density at radius 3 is 2.53 bits per heavy atom. The lowest BCUT2D eigenvalue weighted by Gasteiger charge is -2.17. The normalized spacial score (nSPS) is 12.3. The highest BCUT2D eigenvalue weighted by Crippen LogP contribution is 2.19. The molecule has 0 saturated carbocycles. The molecule has 0 heterocycles. The van der Waals surface area contributed by atoms with Crippen molar-refractivity contribution in [2.45, 2.75) is 46.6 Å². The molecule has 1 aromatic carbocycles. The predicted octanol–water partition coefficient (Wildman–Crippen LogP) is 3.10. The first-order chi connectivity index (χ1) is 8.93. The molecule has 1 N–H and O–H groups in total. The zero-order valence-corrected chi connectivity index (χ0v) is 12.6. The summed E-state index contributed by atoms with van der Waals surface area (Å²) in [6.45, 7) is 8.28. The Morgan fingerprint density at radius 2 is 2.00 bits per heavy atom. The van der Waals surface area contributed by atoms with Crippen molar-refractivity contribution in [2.75, 3.05) is 7.11 Å². The van der Waals surface area contributed by atoms with Crippen LogP contribution in [0.5, 0.6) is 5.75 Å². The summed E-state index contributed by atoms with van der Waals surface area (Å²) in [5, 5.41) is 3.02. The Labute approximate surface area is 116 Å². The van der Waals surface area contributed by atoms with Crippen molar-refractivity contribution in [3.8, 4) is 5.75 Å². The second kappa shape index (κ2) is 7.17. The van der Waals surface area contributed by atoms with Gasteiger partial charge >= 0.3 is 0 Å². The fourth-order valence-electron chi connectivity index (χ4n) is 1.85. The molecule has 1 aromatic rings. The molecule has 0 aromatic heterocycles. The zero-order chi connectivity index (χ0) is 14.4. The van der Waals surface area contributed by atoms with Gasteiger partial charge in [-0.2, -0.15) is 0 Å². The van der Waals surface area contributed by atoms with Crippen LogP contribution in [0.25, 0.3) is 0 Å². The number of ether oxygens (including phenoxy) is 1. The molecule has 0 aliphatic carbocycles. The lowest BCUT2D eigenvalue weighted by Crippen LogP contribution is -2.36. The molecular formula is C16H25NO2. The number of carbonyl (C=O) groups excluding carboxylic acids is 1. The van der Waals surface area contributed by atoms with E-state index in [1.165, 1.54) is 5.56 Å². The van der Waals surface area contributed by atoms with E-state index in [0.29, 0.717) is 12.3 Å². The van der Waals surface area contributed by atoms with Crippen LogP contribution in [-0.2, 0) is 11.2 Å². The Morgan fingerprint density at radius 1 is 1.32 bits per heavy atom. The van der Waals surface area contributed by atoms with Crippen molar-refractivity contribution in [1.29, 1.82) is 0 Å². The fraction of sp³-hybridized carbons (Fsp3) is 0.562. The molecule has 19 heavy (non-hydrogen) atoms. The van der Waals surface area contributed by atoms with Crippen LogP contribution in [0.4, 0.5) is 0 Å². The van der Waals surface area contributed by atoms with Crippen molar-refractivity contribution in [1.82, 2.24) is 5.32 Å². The second-order valence-corrected chi connectivity index (χ2v) is 5.40. The molecule has 1 amide bonds. The van der Waals surface area contributed by atoms with Gasteiger partial charge in [0.25, 0.3) is 0 Å². The van der Waals surface area contributed by atoms with Crippen molar-refractivity contribution in [2.24, 2.45) is 5.92 Å². The summed E-state index contributed by atoms with van der Waals surface area (Å²) in [5.41, 5.74) is 2.28. The van der Waals surface area contributed by atoms with E-state index >= 15 is 0 Å². The first-order valence-corrected chi connectivity index (χ1v) is 6.87. The van der Waals surface area contributed by atoms with Crippen LogP contribution in [0.15, 0.2) is 18.2 Å². The number of amides is 1. The van der Waals surface area contributed by atoms with Gasteiger partial charge in [0, 0.05) is 12.5 Å². The van der Waals surface area contributed by atoms with E-state index in [4.69, 9.17) is 4.74 Å². The summed E-state index contributed by atoms with van der Waals surface area (Å²) in [4.78, 5) is 11.8. The first-order valence-electron chi connectivity index (χ1n) is 6.87. The van der Waals surface area contributed by atoms with Gasteiger partial charge in [-0.05, 0) is 43.4 Å². The molecule has 0 radical (unpaired) electrons. The summed E-state index contributed by atoms with van der Waals surface area (Å²) in [6, 6.07) is 6.28. The number of hydrogen-bond donors (Lipinski definition) is 1. The van der Waals surface area contributed by atoms with E-state index in [1.54, 1.807) is 7.11 Å². The lowest BCUT2D eigenvalue weighted by atomic mass is 10.0. The maximum Gasteiger partial charge on any atom is 0.220 e. The highest BCUT2D eigenvalue weighted by atomic mass is 16.5. The molecule has 1 rings (SSSR count). The first kappa shape index (κ1) is 15.5. The van der Waals surface area contributed by atoms with Gasteiger partial charge in [-0.15, -0.1) is 0 Å². The third kappa shape index (κ3) is 4.93. The topological polar surface area (TPSA) is 38.3 Å². The van der Waals surface area contributed by atoms with Crippen LogP contribution < -0.4 is 10.1 Å². The van der Waals surface area contributed by atoms with Gasteiger partial charge in [-0.3, -0.25) is 4.79 Å². The maximum atomic E-state index is 11.8. The Bertz CT molecular complexity index is 427. The third-order valence-corrected chi connectivity index (χ3v) is 3.49. The molecule has 3 nitrogen and oxygen atoms in total. The standard InChI is InChI=1S/C16H25NO2/c1-11(2)13(4)17-16(18)9-7-14-6-8-15(19-5)12(3)10-14/h6,8,10-11,13H,7,9H2,1-5H3,(H,17,18). The number of rotatable bonds is 6. The molecule has 1 atom stereocenters. The van der Waals surface area contributed by atoms with Crippen LogP contribution in [0, 0.1) is 12.8 Å². The number of hydrogen-bond acceptors (Lipinski definition) is 2. The van der Waals surface area contributed by atoms with E-state index in [1.807, 2.05) is 26.0 Å². The van der Waals surface area contributed by atoms with E-state index in [2.05, 4.69) is 25.2 Å². The average Bonchev–Trinajstić information content (AvgIpc) is 2.36. The van der Waals surface area contributed by atoms with Crippen LogP contribution in [0.2, 0.25) is 0 Å². The monoisotopic (exact) mass is 263 g/mol. The minimum absolute atomic E-state index is 0.120. The fourth-order valence-corrected chi connectivity index (χ4v) is 1.85. The van der Waals surface area contributed by atoms with Gasteiger partial charge in [-0.25, -0.2) is 0 Å². The summed E-state index contributed by atoms with van der Waals surface area (Å²) in [7, 11) is 1.67. The number of methoxy groups -OCH3 is 1. The van der Waals surface area contributed by atoms with Gasteiger partial charge in [-0.1, -0.05) is 26.0 Å². The van der Waals surface area contributed by atoms with Crippen molar-refractivity contribution < 1.29 is 9.53 Å². The van der Waals surface area contributed by atoms with E-state index in [-0.39, 0.29) is 11.9 Å². The number of aryl methyl sites for hydroxylation is 2. The van der Waals surface area contributed by atoms with Crippen LogP contribution >= 0.6 is 0 Å². The molecular weight excluding hydrogens is 238 g/mol. The second-order valence-electron chi connectivity index (χ2n) is 5.40. The number of benzene rings is 1. The molecule has 0 spiro atoms. The summed E-state index contributed by atoms with van der Waals surface area (Å²) in [5.74, 6) is 1.48. The number of carbonyl (C=O) groups is 1. The smallest absolute Gasteiger partial charge is 0.220 e. The SMILES string of the molecule is COc1ccc(CCC(=O)NC(C)C(C)C)cc1C. The molecule has 0 aliphatic rings. The molecule has 3 heteroatoms. The quantitative estimate of drug-likeness (QED) is 0.856. The van der Waals surface area contributed by atoms with Gasteiger partial charge in [0.05, 0.1) is 7.11 Å².